The molecular weight excluding hydrogens is 259 g/mol. The molecule has 0 aromatic heterocycles. The fourth-order valence-electron chi connectivity index (χ4n) is 1.63. The van der Waals surface area contributed by atoms with E-state index in [4.69, 9.17) is 10.6 Å². The van der Waals surface area contributed by atoms with Gasteiger partial charge in [-0.1, -0.05) is 0 Å². The number of ether oxygens (including phenoxy) is 1. The number of methoxy groups -OCH3 is 1. The molecule has 0 unspecified atom stereocenters. The summed E-state index contributed by atoms with van der Waals surface area (Å²) in [4.78, 5) is 4.30. The number of hydrogen-bond acceptors (Lipinski definition) is 3. The van der Waals surface area contributed by atoms with Gasteiger partial charge in [-0.2, -0.15) is 13.2 Å². The molecule has 4 nitrogen and oxygen atoms in total. The maximum absolute atomic E-state index is 12.6. The normalized spacial score (nSPS) is 16.4. The third kappa shape index (κ3) is 3.17. The number of alkyl halides is 3. The quantitative estimate of drug-likeness (QED) is 0.384. The van der Waals surface area contributed by atoms with E-state index in [-0.39, 0.29) is 11.8 Å². The van der Waals surface area contributed by atoms with Crippen molar-refractivity contribution >= 4 is 5.84 Å². The van der Waals surface area contributed by atoms with Crippen molar-refractivity contribution in [3.63, 3.8) is 0 Å². The second kappa shape index (κ2) is 5.08. The molecule has 0 atom stereocenters. The SMILES string of the molecule is COc1cc(C(F)(F)F)ccc1C(=NC1CC1)NN. The van der Waals surface area contributed by atoms with Crippen molar-refractivity contribution in [1.82, 2.24) is 5.43 Å². The molecule has 2 rings (SSSR count). The van der Waals surface area contributed by atoms with Gasteiger partial charge in [0.25, 0.3) is 0 Å². The summed E-state index contributed by atoms with van der Waals surface area (Å²) in [6.45, 7) is 0. The van der Waals surface area contributed by atoms with Crippen LogP contribution in [0, 0.1) is 0 Å². The molecule has 1 aromatic carbocycles. The maximum atomic E-state index is 12.6. The Morgan fingerprint density at radius 3 is 2.58 bits per heavy atom. The van der Waals surface area contributed by atoms with E-state index in [1.165, 1.54) is 13.2 Å². The second-order valence-corrected chi connectivity index (χ2v) is 4.27. The van der Waals surface area contributed by atoms with Crippen LogP contribution in [0.2, 0.25) is 0 Å². The zero-order valence-corrected chi connectivity index (χ0v) is 10.3. The predicted molar refractivity (Wildman–Crippen MR) is 64.9 cm³/mol. The van der Waals surface area contributed by atoms with Crippen LogP contribution in [0.3, 0.4) is 0 Å². The molecule has 0 bridgehead atoms. The molecule has 0 aliphatic heterocycles. The van der Waals surface area contributed by atoms with Gasteiger partial charge in [-0.05, 0) is 31.0 Å². The molecule has 0 saturated heterocycles. The van der Waals surface area contributed by atoms with E-state index in [0.717, 1.165) is 25.0 Å². The summed E-state index contributed by atoms with van der Waals surface area (Å²) in [7, 11) is 1.31. The molecule has 7 heteroatoms. The van der Waals surface area contributed by atoms with Gasteiger partial charge in [0, 0.05) is 0 Å². The minimum absolute atomic E-state index is 0.0900. The van der Waals surface area contributed by atoms with Crippen LogP contribution in [0.4, 0.5) is 13.2 Å². The van der Waals surface area contributed by atoms with Crippen LogP contribution >= 0.6 is 0 Å². The number of amidine groups is 1. The van der Waals surface area contributed by atoms with E-state index in [2.05, 4.69) is 10.4 Å². The van der Waals surface area contributed by atoms with Crippen LogP contribution in [-0.2, 0) is 6.18 Å². The van der Waals surface area contributed by atoms with Gasteiger partial charge in [0.1, 0.15) is 11.6 Å². The van der Waals surface area contributed by atoms with Crippen LogP contribution in [0.5, 0.6) is 5.75 Å². The zero-order chi connectivity index (χ0) is 14.0. The average molecular weight is 273 g/mol. The molecule has 1 fully saturated rings. The highest BCUT2D eigenvalue weighted by Crippen LogP contribution is 2.33. The Labute approximate surface area is 108 Å². The van der Waals surface area contributed by atoms with Crippen molar-refractivity contribution in [3.05, 3.63) is 29.3 Å². The molecule has 19 heavy (non-hydrogen) atoms. The number of benzene rings is 1. The third-order valence-electron chi connectivity index (χ3n) is 2.78. The number of rotatable bonds is 3. The summed E-state index contributed by atoms with van der Waals surface area (Å²) >= 11 is 0. The van der Waals surface area contributed by atoms with E-state index in [9.17, 15) is 13.2 Å². The Morgan fingerprint density at radius 1 is 1.42 bits per heavy atom. The minimum atomic E-state index is -4.41. The number of nitrogens with one attached hydrogen (secondary N) is 1. The molecule has 1 saturated carbocycles. The highest BCUT2D eigenvalue weighted by molar-refractivity contribution is 6.01. The summed E-state index contributed by atoms with van der Waals surface area (Å²) in [5.41, 5.74) is 2.06. The molecule has 104 valence electrons. The summed E-state index contributed by atoms with van der Waals surface area (Å²) in [5, 5.41) is 0. The topological polar surface area (TPSA) is 59.6 Å². The average Bonchev–Trinajstić information content (AvgIpc) is 3.18. The van der Waals surface area contributed by atoms with Crippen LogP contribution in [0.1, 0.15) is 24.0 Å². The third-order valence-corrected chi connectivity index (χ3v) is 2.78. The molecule has 0 heterocycles. The van der Waals surface area contributed by atoms with Crippen LogP contribution in [0.25, 0.3) is 0 Å². The predicted octanol–water partition coefficient (Wildman–Crippen LogP) is 2.09. The molecule has 0 radical (unpaired) electrons. The minimum Gasteiger partial charge on any atom is -0.496 e. The Hall–Kier alpha value is -1.76. The number of halogens is 3. The lowest BCUT2D eigenvalue weighted by Crippen LogP contribution is -2.32. The molecule has 1 aliphatic rings. The first-order chi connectivity index (χ1) is 8.95. The second-order valence-electron chi connectivity index (χ2n) is 4.27. The van der Waals surface area contributed by atoms with Gasteiger partial charge in [-0.25, -0.2) is 5.84 Å². The lowest BCUT2D eigenvalue weighted by atomic mass is 10.1. The molecule has 3 N–H and O–H groups in total. The van der Waals surface area contributed by atoms with E-state index >= 15 is 0 Å². The maximum Gasteiger partial charge on any atom is 0.416 e. The molecule has 1 aromatic rings. The largest absolute Gasteiger partial charge is 0.496 e. The number of nitrogens with two attached hydrogens (primary N) is 1. The molecule has 1 aliphatic carbocycles. The first-order valence-electron chi connectivity index (χ1n) is 5.75. The van der Waals surface area contributed by atoms with Gasteiger partial charge in [0.05, 0.1) is 24.3 Å². The van der Waals surface area contributed by atoms with Gasteiger partial charge < -0.3 is 10.2 Å². The Balaban J connectivity index is 2.40. The number of nitrogens with zero attached hydrogens (tertiary/aromatic N) is 1. The monoisotopic (exact) mass is 273 g/mol. The van der Waals surface area contributed by atoms with Gasteiger partial charge in [0.2, 0.25) is 0 Å². The molecule has 0 amide bonds. The highest BCUT2D eigenvalue weighted by atomic mass is 19.4. The smallest absolute Gasteiger partial charge is 0.416 e. The van der Waals surface area contributed by atoms with Crippen molar-refractivity contribution in [1.29, 1.82) is 0 Å². The summed E-state index contributed by atoms with van der Waals surface area (Å²) in [6, 6.07) is 3.42. The highest BCUT2D eigenvalue weighted by Gasteiger charge is 2.32. The van der Waals surface area contributed by atoms with Crippen molar-refractivity contribution in [2.75, 3.05) is 7.11 Å². The van der Waals surface area contributed by atoms with E-state index < -0.39 is 11.7 Å². The Morgan fingerprint density at radius 2 is 2.11 bits per heavy atom. The van der Waals surface area contributed by atoms with Gasteiger partial charge in [-0.3, -0.25) is 4.99 Å². The zero-order valence-electron chi connectivity index (χ0n) is 10.3. The lowest BCUT2D eigenvalue weighted by molar-refractivity contribution is -0.137. The summed E-state index contributed by atoms with van der Waals surface area (Å²) in [6.07, 6.45) is -2.47. The fraction of sp³-hybridized carbons (Fsp3) is 0.417. The fourth-order valence-corrected chi connectivity index (χ4v) is 1.63. The molecular formula is C12H14F3N3O. The number of hydrazine groups is 1. The van der Waals surface area contributed by atoms with Crippen molar-refractivity contribution < 1.29 is 17.9 Å². The standard InChI is InChI=1S/C12H14F3N3O/c1-19-10-6-7(12(13,14)15)2-5-9(10)11(18-16)17-8-3-4-8/h2,5-6,8H,3-4,16H2,1H3,(H,17,18). The van der Waals surface area contributed by atoms with Gasteiger partial charge in [-0.15, -0.1) is 0 Å². The number of hydrogen-bond donors (Lipinski definition) is 2. The van der Waals surface area contributed by atoms with Gasteiger partial charge >= 0.3 is 6.18 Å². The van der Waals surface area contributed by atoms with E-state index in [1.807, 2.05) is 0 Å². The molecule has 0 spiro atoms. The van der Waals surface area contributed by atoms with E-state index in [0.29, 0.717) is 11.4 Å². The first-order valence-corrected chi connectivity index (χ1v) is 5.75. The summed E-state index contributed by atoms with van der Waals surface area (Å²) in [5.74, 6) is 5.80. The number of aliphatic imine (C=N–C) groups is 1. The first kappa shape index (κ1) is 13.7. The van der Waals surface area contributed by atoms with Crippen LogP contribution in [0.15, 0.2) is 23.2 Å². The van der Waals surface area contributed by atoms with E-state index in [1.54, 1.807) is 0 Å². The lowest BCUT2D eigenvalue weighted by Gasteiger charge is -2.14. The Kier molecular flexibility index (Phi) is 3.66. The van der Waals surface area contributed by atoms with Crippen molar-refractivity contribution in [3.8, 4) is 5.75 Å². The van der Waals surface area contributed by atoms with Gasteiger partial charge in [0.15, 0.2) is 0 Å². The van der Waals surface area contributed by atoms with Crippen LogP contribution in [-0.4, -0.2) is 19.0 Å². The van der Waals surface area contributed by atoms with Crippen molar-refractivity contribution in [2.45, 2.75) is 25.1 Å². The van der Waals surface area contributed by atoms with Crippen LogP contribution < -0.4 is 16.0 Å². The van der Waals surface area contributed by atoms with Crippen molar-refractivity contribution in [2.24, 2.45) is 10.8 Å². The Bertz CT molecular complexity index is 495. The summed E-state index contributed by atoms with van der Waals surface area (Å²) < 4.78 is 42.8.